The number of amides is 1. The Morgan fingerprint density at radius 1 is 0.969 bits per heavy atom. The molecule has 2 aromatic carbocycles. The Hall–Kier alpha value is -3.22. The molecule has 0 radical (unpaired) electrons. The number of nitrogens with zero attached hydrogens (tertiary/aromatic N) is 3. The SMILES string of the molecule is CS(=O)(Cc1ccc(C(F)(F)F)cc1)=NC(=O)c1ccc(-c2noc(C(F)(F)F)n2)cc1. The van der Waals surface area contributed by atoms with Gasteiger partial charge in [-0.3, -0.25) is 4.79 Å². The maximum Gasteiger partial charge on any atom is 0.471 e. The third-order valence-corrected chi connectivity index (χ3v) is 5.47. The summed E-state index contributed by atoms with van der Waals surface area (Å²) in [5.41, 5.74) is -0.422. The van der Waals surface area contributed by atoms with Gasteiger partial charge in [-0.05, 0) is 29.8 Å². The summed E-state index contributed by atoms with van der Waals surface area (Å²) in [6, 6.07) is 8.99. The second-order valence-electron chi connectivity index (χ2n) is 6.69. The topological polar surface area (TPSA) is 85.4 Å². The first kappa shape index (κ1) is 23.4. The first-order valence-electron chi connectivity index (χ1n) is 8.66. The van der Waals surface area contributed by atoms with Crippen LogP contribution in [0.5, 0.6) is 0 Å². The van der Waals surface area contributed by atoms with E-state index in [0.717, 1.165) is 24.3 Å². The van der Waals surface area contributed by atoms with Crippen molar-refractivity contribution in [2.24, 2.45) is 4.36 Å². The highest BCUT2D eigenvalue weighted by molar-refractivity contribution is 7.92. The zero-order chi connectivity index (χ0) is 23.7. The normalized spacial score (nSPS) is 14.1. The molecule has 0 N–H and O–H groups in total. The summed E-state index contributed by atoms with van der Waals surface area (Å²) in [7, 11) is -3.13. The molecule has 0 aliphatic rings. The summed E-state index contributed by atoms with van der Waals surface area (Å²) >= 11 is 0. The van der Waals surface area contributed by atoms with Crippen molar-refractivity contribution in [3.8, 4) is 11.4 Å². The second-order valence-corrected chi connectivity index (χ2v) is 9.08. The lowest BCUT2D eigenvalue weighted by atomic mass is 10.1. The first-order valence-corrected chi connectivity index (χ1v) is 10.8. The highest BCUT2D eigenvalue weighted by atomic mass is 32.2. The van der Waals surface area contributed by atoms with Gasteiger partial charge < -0.3 is 4.52 Å². The highest BCUT2D eigenvalue weighted by Gasteiger charge is 2.38. The van der Waals surface area contributed by atoms with Gasteiger partial charge in [0.2, 0.25) is 5.82 Å². The van der Waals surface area contributed by atoms with E-state index in [-0.39, 0.29) is 22.7 Å². The zero-order valence-corrected chi connectivity index (χ0v) is 16.9. The van der Waals surface area contributed by atoms with Crippen LogP contribution in [0.25, 0.3) is 11.4 Å². The summed E-state index contributed by atoms with van der Waals surface area (Å²) in [6.45, 7) is 0. The summed E-state index contributed by atoms with van der Waals surface area (Å²) in [4.78, 5) is 15.6. The molecule has 0 saturated carbocycles. The monoisotopic (exact) mass is 477 g/mol. The fraction of sp³-hybridized carbons (Fsp3) is 0.211. The van der Waals surface area contributed by atoms with Crippen LogP contribution in [0.1, 0.15) is 27.4 Å². The molecule has 1 heterocycles. The second kappa shape index (κ2) is 8.37. The predicted molar refractivity (Wildman–Crippen MR) is 101 cm³/mol. The Bertz CT molecular complexity index is 1240. The molecule has 32 heavy (non-hydrogen) atoms. The summed E-state index contributed by atoms with van der Waals surface area (Å²) in [6.07, 6.45) is -8.11. The Morgan fingerprint density at radius 3 is 2.06 bits per heavy atom. The van der Waals surface area contributed by atoms with Gasteiger partial charge in [-0.15, -0.1) is 0 Å². The van der Waals surface area contributed by atoms with Gasteiger partial charge in [-0.2, -0.15) is 35.7 Å². The molecular formula is C19H13F6N3O3S. The minimum Gasteiger partial charge on any atom is -0.329 e. The number of rotatable bonds is 4. The van der Waals surface area contributed by atoms with Gasteiger partial charge >= 0.3 is 18.2 Å². The molecule has 0 aliphatic heterocycles. The van der Waals surface area contributed by atoms with Crippen LogP contribution in [-0.2, 0) is 27.8 Å². The number of alkyl halides is 6. The van der Waals surface area contributed by atoms with Gasteiger partial charge in [0.25, 0.3) is 5.91 Å². The zero-order valence-electron chi connectivity index (χ0n) is 16.1. The van der Waals surface area contributed by atoms with Crippen LogP contribution >= 0.6 is 0 Å². The van der Waals surface area contributed by atoms with Crippen molar-refractivity contribution in [2.75, 3.05) is 6.26 Å². The van der Waals surface area contributed by atoms with Crippen LogP contribution < -0.4 is 0 Å². The van der Waals surface area contributed by atoms with E-state index in [4.69, 9.17) is 0 Å². The lowest BCUT2D eigenvalue weighted by Crippen LogP contribution is -2.08. The van der Waals surface area contributed by atoms with E-state index >= 15 is 0 Å². The lowest BCUT2D eigenvalue weighted by Gasteiger charge is -2.08. The average Bonchev–Trinajstić information content (AvgIpc) is 3.18. The molecule has 0 aliphatic carbocycles. The van der Waals surface area contributed by atoms with Crippen molar-refractivity contribution in [3.63, 3.8) is 0 Å². The summed E-state index contributed by atoms with van der Waals surface area (Å²) < 4.78 is 95.9. The standard InChI is InChI=1S/C19H13F6N3O3S/c1-32(30,10-11-2-8-14(9-3-11)18(20,21)22)28-16(29)13-6-4-12(5-7-13)15-26-17(31-27-15)19(23,24)25/h2-9H,10H2,1H3. The molecule has 3 rings (SSSR count). The maximum atomic E-state index is 12.7. The van der Waals surface area contributed by atoms with Crippen LogP contribution in [0.4, 0.5) is 26.3 Å². The number of carbonyl (C=O) groups excluding carboxylic acids is 1. The fourth-order valence-electron chi connectivity index (χ4n) is 2.58. The Morgan fingerprint density at radius 2 is 1.56 bits per heavy atom. The van der Waals surface area contributed by atoms with E-state index in [9.17, 15) is 35.3 Å². The molecule has 13 heteroatoms. The molecule has 0 fully saturated rings. The van der Waals surface area contributed by atoms with Crippen molar-refractivity contribution in [1.82, 2.24) is 10.1 Å². The molecule has 170 valence electrons. The largest absolute Gasteiger partial charge is 0.471 e. The first-order chi connectivity index (χ1) is 14.7. The van der Waals surface area contributed by atoms with Crippen LogP contribution in [-0.4, -0.2) is 26.5 Å². The summed E-state index contributed by atoms with van der Waals surface area (Å²) in [5.74, 6) is -2.97. The number of carbonyl (C=O) groups is 1. The molecule has 1 amide bonds. The minimum absolute atomic E-state index is 0.00437. The van der Waals surface area contributed by atoms with Gasteiger partial charge in [0, 0.05) is 17.4 Å². The highest BCUT2D eigenvalue weighted by Crippen LogP contribution is 2.30. The van der Waals surface area contributed by atoms with Gasteiger partial charge in [0.15, 0.2) is 0 Å². The molecular weight excluding hydrogens is 464 g/mol. The Balaban J connectivity index is 1.75. The quantitative estimate of drug-likeness (QED) is 0.482. The van der Waals surface area contributed by atoms with E-state index in [1.165, 1.54) is 30.5 Å². The van der Waals surface area contributed by atoms with E-state index in [0.29, 0.717) is 5.56 Å². The molecule has 0 spiro atoms. The third kappa shape index (κ3) is 5.72. The molecule has 1 atom stereocenters. The van der Waals surface area contributed by atoms with Crippen LogP contribution in [0, 0.1) is 0 Å². The number of hydrogen-bond acceptors (Lipinski definition) is 5. The van der Waals surface area contributed by atoms with E-state index < -0.39 is 39.4 Å². The van der Waals surface area contributed by atoms with Crippen LogP contribution in [0.3, 0.4) is 0 Å². The molecule has 0 bridgehead atoms. The molecule has 1 aromatic heterocycles. The number of aromatic nitrogens is 2. The van der Waals surface area contributed by atoms with Gasteiger partial charge in [0.1, 0.15) is 0 Å². The lowest BCUT2D eigenvalue weighted by molar-refractivity contribution is -0.159. The number of halogens is 6. The number of hydrogen-bond donors (Lipinski definition) is 0. The van der Waals surface area contributed by atoms with Crippen LogP contribution in [0.2, 0.25) is 0 Å². The van der Waals surface area contributed by atoms with E-state index in [2.05, 4.69) is 19.0 Å². The van der Waals surface area contributed by atoms with Gasteiger partial charge in [-0.1, -0.05) is 29.4 Å². The fourth-order valence-corrected chi connectivity index (χ4v) is 3.91. The van der Waals surface area contributed by atoms with Crippen molar-refractivity contribution in [1.29, 1.82) is 0 Å². The maximum absolute atomic E-state index is 12.7. The Kier molecular flexibility index (Phi) is 6.13. The molecule has 0 saturated heterocycles. The molecule has 3 aromatic rings. The van der Waals surface area contributed by atoms with Crippen molar-refractivity contribution >= 4 is 15.6 Å². The van der Waals surface area contributed by atoms with Crippen LogP contribution in [0.15, 0.2) is 57.4 Å². The molecule has 1 unspecified atom stereocenters. The average molecular weight is 477 g/mol. The smallest absolute Gasteiger partial charge is 0.329 e. The van der Waals surface area contributed by atoms with E-state index in [1.807, 2.05) is 0 Å². The number of benzene rings is 2. The van der Waals surface area contributed by atoms with E-state index in [1.54, 1.807) is 0 Å². The van der Waals surface area contributed by atoms with Gasteiger partial charge in [-0.25, -0.2) is 4.21 Å². The summed E-state index contributed by atoms with van der Waals surface area (Å²) in [5, 5.41) is 3.22. The van der Waals surface area contributed by atoms with Crippen molar-refractivity contribution in [3.05, 3.63) is 71.1 Å². The molecule has 6 nitrogen and oxygen atoms in total. The van der Waals surface area contributed by atoms with Gasteiger partial charge in [0.05, 0.1) is 21.0 Å². The Labute approximate surface area is 177 Å². The third-order valence-electron chi connectivity index (χ3n) is 4.05. The van der Waals surface area contributed by atoms with Crippen molar-refractivity contribution < 1.29 is 39.9 Å². The predicted octanol–water partition coefficient (Wildman–Crippen LogP) is 5.21. The van der Waals surface area contributed by atoms with Crippen molar-refractivity contribution in [2.45, 2.75) is 18.1 Å². The minimum atomic E-state index is -4.80.